The summed E-state index contributed by atoms with van der Waals surface area (Å²) in [5.41, 5.74) is 3.56. The van der Waals surface area contributed by atoms with Gasteiger partial charge in [0, 0.05) is 18.4 Å². The van der Waals surface area contributed by atoms with Gasteiger partial charge in [0.1, 0.15) is 5.57 Å². The largest absolute Gasteiger partial charge is 0.348 e. The van der Waals surface area contributed by atoms with Crippen LogP contribution in [0.25, 0.3) is 6.08 Å². The molecule has 5 nitrogen and oxygen atoms in total. The lowest BCUT2D eigenvalue weighted by Crippen LogP contribution is -2.54. The van der Waals surface area contributed by atoms with Crippen molar-refractivity contribution in [2.75, 3.05) is 4.90 Å². The first-order valence-corrected chi connectivity index (χ1v) is 8.47. The molecule has 1 aliphatic heterocycles. The molecule has 1 fully saturated rings. The van der Waals surface area contributed by atoms with E-state index < -0.39 is 11.8 Å². The highest BCUT2D eigenvalue weighted by atomic mass is 32.1. The van der Waals surface area contributed by atoms with E-state index >= 15 is 0 Å². The Hall–Kier alpha value is -2.73. The molecule has 2 heterocycles. The van der Waals surface area contributed by atoms with Crippen LogP contribution in [-0.2, 0) is 16.1 Å². The van der Waals surface area contributed by atoms with Crippen LogP contribution in [0, 0.1) is 13.8 Å². The highest BCUT2D eigenvalue weighted by Gasteiger charge is 2.35. The van der Waals surface area contributed by atoms with Crippen LogP contribution in [-0.4, -0.2) is 21.5 Å². The minimum absolute atomic E-state index is 0.0721. The summed E-state index contributed by atoms with van der Waals surface area (Å²) in [6.45, 7) is 6.66. The van der Waals surface area contributed by atoms with Gasteiger partial charge >= 0.3 is 0 Å². The lowest BCUT2D eigenvalue weighted by atomic mass is 10.0. The molecule has 1 saturated heterocycles. The van der Waals surface area contributed by atoms with E-state index in [9.17, 15) is 9.59 Å². The van der Waals surface area contributed by atoms with Crippen molar-refractivity contribution in [1.29, 1.82) is 0 Å². The van der Waals surface area contributed by atoms with E-state index in [0.717, 1.165) is 23.4 Å². The van der Waals surface area contributed by atoms with Crippen molar-refractivity contribution in [1.82, 2.24) is 9.88 Å². The van der Waals surface area contributed by atoms with Gasteiger partial charge in [-0.2, -0.15) is 0 Å². The second-order valence-corrected chi connectivity index (χ2v) is 6.28. The number of aryl methyl sites for hydroxylation is 2. The van der Waals surface area contributed by atoms with Crippen LogP contribution >= 0.6 is 12.2 Å². The van der Waals surface area contributed by atoms with Gasteiger partial charge in [0.05, 0.1) is 5.69 Å². The Balaban J connectivity index is 2.07. The van der Waals surface area contributed by atoms with Gasteiger partial charge < -0.3 is 4.57 Å². The van der Waals surface area contributed by atoms with E-state index in [-0.39, 0.29) is 10.7 Å². The molecule has 6 heteroatoms. The molecule has 0 unspecified atom stereocenters. The molecule has 0 radical (unpaired) electrons. The summed E-state index contributed by atoms with van der Waals surface area (Å²) in [5, 5.41) is 2.73. The molecule has 1 aliphatic rings. The lowest BCUT2D eigenvalue weighted by molar-refractivity contribution is -0.122. The first-order valence-electron chi connectivity index (χ1n) is 8.07. The summed E-state index contributed by atoms with van der Waals surface area (Å²) in [6, 6.07) is 9.42. The quantitative estimate of drug-likeness (QED) is 0.524. The molecular formula is C19H19N3O2S. The number of amides is 2. The average Bonchev–Trinajstić information content (AvgIpc) is 3.02. The summed E-state index contributed by atoms with van der Waals surface area (Å²) in [7, 11) is 0. The lowest BCUT2D eigenvalue weighted by Gasteiger charge is -2.30. The smallest absolute Gasteiger partial charge is 0.270 e. The maximum absolute atomic E-state index is 13.0. The van der Waals surface area contributed by atoms with Gasteiger partial charge in [-0.1, -0.05) is 12.1 Å². The number of hydrogen-bond acceptors (Lipinski definition) is 3. The minimum Gasteiger partial charge on any atom is -0.348 e. The summed E-state index contributed by atoms with van der Waals surface area (Å²) in [4.78, 5) is 26.8. The number of nitrogens with one attached hydrogen (secondary N) is 1. The molecule has 0 spiro atoms. The van der Waals surface area contributed by atoms with Gasteiger partial charge in [0.2, 0.25) is 0 Å². The Labute approximate surface area is 151 Å². The first kappa shape index (κ1) is 17.1. The standard InChI is InChI=1S/C19H19N3O2S/c1-4-21-10-6-8-14(21)11-15-17(23)20-19(25)22(18(15)24)16-9-5-7-12(2)13(16)3/h5-11H,4H2,1-3H3,(H,20,23,25)/b15-11+. The maximum Gasteiger partial charge on any atom is 0.270 e. The number of carbonyl (C=O) groups excluding carboxylic acids is 2. The van der Waals surface area contributed by atoms with Crippen LogP contribution in [0.2, 0.25) is 0 Å². The molecule has 0 bridgehead atoms. The van der Waals surface area contributed by atoms with Crippen LogP contribution < -0.4 is 10.2 Å². The van der Waals surface area contributed by atoms with Crippen molar-refractivity contribution in [2.24, 2.45) is 0 Å². The second kappa shape index (κ2) is 6.64. The molecule has 0 atom stereocenters. The first-order chi connectivity index (χ1) is 11.9. The van der Waals surface area contributed by atoms with Crippen LogP contribution in [0.15, 0.2) is 42.1 Å². The van der Waals surface area contributed by atoms with Gasteiger partial charge in [0.25, 0.3) is 11.8 Å². The highest BCUT2D eigenvalue weighted by Crippen LogP contribution is 2.27. The molecule has 1 aromatic carbocycles. The third kappa shape index (κ3) is 3.00. The number of nitrogens with zero attached hydrogens (tertiary/aromatic N) is 2. The number of anilines is 1. The van der Waals surface area contributed by atoms with Gasteiger partial charge in [-0.3, -0.25) is 19.8 Å². The molecule has 1 aromatic heterocycles. The Morgan fingerprint density at radius 3 is 2.64 bits per heavy atom. The van der Waals surface area contributed by atoms with Crippen molar-refractivity contribution in [3.05, 3.63) is 58.9 Å². The Kier molecular flexibility index (Phi) is 4.55. The third-order valence-electron chi connectivity index (χ3n) is 4.42. The average molecular weight is 353 g/mol. The van der Waals surface area contributed by atoms with Crippen molar-refractivity contribution < 1.29 is 9.59 Å². The van der Waals surface area contributed by atoms with Gasteiger partial charge in [-0.25, -0.2) is 0 Å². The molecule has 2 aromatic rings. The predicted molar refractivity (Wildman–Crippen MR) is 102 cm³/mol. The van der Waals surface area contributed by atoms with E-state index in [0.29, 0.717) is 5.69 Å². The van der Waals surface area contributed by atoms with Crippen molar-refractivity contribution in [3.8, 4) is 0 Å². The Morgan fingerprint density at radius 1 is 1.16 bits per heavy atom. The fourth-order valence-electron chi connectivity index (χ4n) is 2.85. The van der Waals surface area contributed by atoms with Gasteiger partial charge in [0.15, 0.2) is 5.11 Å². The summed E-state index contributed by atoms with van der Waals surface area (Å²) in [6.07, 6.45) is 3.52. The SMILES string of the molecule is CCn1cccc1/C=C1\C(=O)NC(=S)N(c2cccc(C)c2C)C1=O. The van der Waals surface area contributed by atoms with Crippen molar-refractivity contribution in [3.63, 3.8) is 0 Å². The summed E-state index contributed by atoms with van der Waals surface area (Å²) in [5.74, 6) is -0.883. The molecule has 128 valence electrons. The Morgan fingerprint density at radius 2 is 1.92 bits per heavy atom. The summed E-state index contributed by atoms with van der Waals surface area (Å²) >= 11 is 5.26. The number of rotatable bonds is 3. The number of aromatic nitrogens is 1. The minimum atomic E-state index is -0.472. The maximum atomic E-state index is 13.0. The Bertz CT molecular complexity index is 911. The van der Waals surface area contributed by atoms with Crippen molar-refractivity contribution >= 4 is 40.9 Å². The number of benzene rings is 1. The zero-order valence-electron chi connectivity index (χ0n) is 14.4. The molecule has 25 heavy (non-hydrogen) atoms. The highest BCUT2D eigenvalue weighted by molar-refractivity contribution is 7.80. The predicted octanol–water partition coefficient (Wildman–Crippen LogP) is 2.96. The van der Waals surface area contributed by atoms with E-state index in [1.165, 1.54) is 4.90 Å². The van der Waals surface area contributed by atoms with Crippen LogP contribution in [0.4, 0.5) is 5.69 Å². The summed E-state index contributed by atoms with van der Waals surface area (Å²) < 4.78 is 1.96. The number of hydrogen-bond donors (Lipinski definition) is 1. The molecular weight excluding hydrogens is 334 g/mol. The van der Waals surface area contributed by atoms with Crippen LogP contribution in [0.3, 0.4) is 0 Å². The van der Waals surface area contributed by atoms with Gasteiger partial charge in [-0.05, 0) is 68.4 Å². The number of thiocarbonyl (C=S) groups is 1. The molecule has 2 amide bonds. The van der Waals surface area contributed by atoms with Crippen LogP contribution in [0.1, 0.15) is 23.7 Å². The van der Waals surface area contributed by atoms with Gasteiger partial charge in [-0.15, -0.1) is 0 Å². The van der Waals surface area contributed by atoms with Crippen LogP contribution in [0.5, 0.6) is 0 Å². The number of carbonyl (C=O) groups is 2. The van der Waals surface area contributed by atoms with E-state index in [1.54, 1.807) is 6.08 Å². The molecule has 0 saturated carbocycles. The van der Waals surface area contributed by atoms with E-state index in [2.05, 4.69) is 5.32 Å². The monoisotopic (exact) mass is 353 g/mol. The van der Waals surface area contributed by atoms with Crippen molar-refractivity contribution in [2.45, 2.75) is 27.3 Å². The molecule has 0 aliphatic carbocycles. The van der Waals surface area contributed by atoms with E-state index in [1.807, 2.05) is 61.9 Å². The normalized spacial score (nSPS) is 16.5. The fourth-order valence-corrected chi connectivity index (χ4v) is 3.12. The zero-order valence-corrected chi connectivity index (χ0v) is 15.2. The second-order valence-electron chi connectivity index (χ2n) is 5.90. The zero-order chi connectivity index (χ0) is 18.1. The molecule has 3 rings (SSSR count). The topological polar surface area (TPSA) is 54.3 Å². The van der Waals surface area contributed by atoms with E-state index in [4.69, 9.17) is 12.2 Å². The third-order valence-corrected chi connectivity index (χ3v) is 4.70. The fraction of sp³-hybridized carbons (Fsp3) is 0.211. The molecule has 1 N–H and O–H groups in total.